The predicted octanol–water partition coefficient (Wildman–Crippen LogP) is 2.92. The Bertz CT molecular complexity index is 882. The SMILES string of the molecule is COC(=O)C(=O)N1CCN(CC(OCc2cccc(OC)c2)c2ccc(Cl)cc2)CC1. The maximum Gasteiger partial charge on any atom is 0.396 e. The first kappa shape index (κ1) is 23.1. The van der Waals surface area contributed by atoms with E-state index in [1.54, 1.807) is 7.11 Å². The molecule has 8 heteroatoms. The first-order chi connectivity index (χ1) is 15.0. The third-order valence-electron chi connectivity index (χ3n) is 5.27. The zero-order valence-corrected chi connectivity index (χ0v) is 18.5. The third-order valence-corrected chi connectivity index (χ3v) is 5.52. The molecular formula is C23H27ClN2O5. The Kier molecular flexibility index (Phi) is 8.28. The highest BCUT2D eigenvalue weighted by Gasteiger charge is 2.28. The summed E-state index contributed by atoms with van der Waals surface area (Å²) in [6, 6.07) is 15.4. The summed E-state index contributed by atoms with van der Waals surface area (Å²) in [7, 11) is 2.86. The van der Waals surface area contributed by atoms with Gasteiger partial charge in [-0.25, -0.2) is 4.79 Å². The zero-order chi connectivity index (χ0) is 22.2. The van der Waals surface area contributed by atoms with E-state index in [1.165, 1.54) is 12.0 Å². The van der Waals surface area contributed by atoms with Crippen molar-refractivity contribution in [2.75, 3.05) is 46.9 Å². The summed E-state index contributed by atoms with van der Waals surface area (Å²) < 4.78 is 16.1. The monoisotopic (exact) mass is 446 g/mol. The number of hydrogen-bond acceptors (Lipinski definition) is 6. The predicted molar refractivity (Wildman–Crippen MR) is 117 cm³/mol. The molecule has 0 bridgehead atoms. The minimum absolute atomic E-state index is 0.175. The number of hydrogen-bond donors (Lipinski definition) is 0. The van der Waals surface area contributed by atoms with E-state index in [9.17, 15) is 9.59 Å². The van der Waals surface area contributed by atoms with Gasteiger partial charge in [-0.1, -0.05) is 35.9 Å². The van der Waals surface area contributed by atoms with Crippen molar-refractivity contribution in [3.8, 4) is 5.75 Å². The highest BCUT2D eigenvalue weighted by Crippen LogP contribution is 2.24. The van der Waals surface area contributed by atoms with E-state index in [1.807, 2.05) is 48.5 Å². The molecule has 1 fully saturated rings. The average molecular weight is 447 g/mol. The second-order valence-corrected chi connectivity index (χ2v) is 7.72. The number of rotatable bonds is 7. The fourth-order valence-corrected chi connectivity index (χ4v) is 3.60. The van der Waals surface area contributed by atoms with E-state index in [-0.39, 0.29) is 6.10 Å². The lowest BCUT2D eigenvalue weighted by Gasteiger charge is -2.36. The molecule has 1 unspecified atom stereocenters. The molecule has 31 heavy (non-hydrogen) atoms. The number of nitrogens with zero attached hydrogens (tertiary/aromatic N) is 2. The molecule has 2 aromatic rings. The van der Waals surface area contributed by atoms with Gasteiger partial charge in [-0.05, 0) is 35.4 Å². The summed E-state index contributed by atoms with van der Waals surface area (Å²) in [5, 5.41) is 0.672. The summed E-state index contributed by atoms with van der Waals surface area (Å²) in [5.74, 6) is -0.629. The summed E-state index contributed by atoms with van der Waals surface area (Å²) in [5.41, 5.74) is 2.05. The maximum absolute atomic E-state index is 12.0. The number of halogens is 1. The Morgan fingerprint density at radius 1 is 1.03 bits per heavy atom. The number of piperazine rings is 1. The van der Waals surface area contributed by atoms with Gasteiger partial charge in [-0.2, -0.15) is 0 Å². The highest BCUT2D eigenvalue weighted by atomic mass is 35.5. The molecule has 0 aromatic heterocycles. The third kappa shape index (κ3) is 6.43. The van der Waals surface area contributed by atoms with E-state index in [4.69, 9.17) is 21.1 Å². The fourth-order valence-electron chi connectivity index (χ4n) is 3.48. The Hall–Kier alpha value is -2.61. The normalized spacial score (nSPS) is 15.4. The first-order valence-corrected chi connectivity index (χ1v) is 10.5. The molecule has 1 atom stereocenters. The number of esters is 1. The molecular weight excluding hydrogens is 420 g/mol. The maximum atomic E-state index is 12.0. The number of benzene rings is 2. The molecule has 1 heterocycles. The summed E-state index contributed by atoms with van der Waals surface area (Å²) in [4.78, 5) is 27.2. The van der Waals surface area contributed by atoms with Crippen molar-refractivity contribution in [1.82, 2.24) is 9.80 Å². The van der Waals surface area contributed by atoms with E-state index < -0.39 is 11.9 Å². The van der Waals surface area contributed by atoms with Gasteiger partial charge in [0.15, 0.2) is 0 Å². The molecule has 0 spiro atoms. The molecule has 0 saturated carbocycles. The van der Waals surface area contributed by atoms with Crippen LogP contribution in [0.3, 0.4) is 0 Å². The minimum Gasteiger partial charge on any atom is -0.497 e. The van der Waals surface area contributed by atoms with Crippen molar-refractivity contribution in [2.45, 2.75) is 12.7 Å². The first-order valence-electron chi connectivity index (χ1n) is 10.1. The van der Waals surface area contributed by atoms with E-state index in [0.29, 0.717) is 44.4 Å². The van der Waals surface area contributed by atoms with Crippen molar-refractivity contribution < 1.29 is 23.8 Å². The van der Waals surface area contributed by atoms with Gasteiger partial charge < -0.3 is 19.1 Å². The Morgan fingerprint density at radius 2 is 1.74 bits per heavy atom. The van der Waals surface area contributed by atoms with Crippen LogP contribution >= 0.6 is 11.6 Å². The smallest absolute Gasteiger partial charge is 0.396 e. The number of ether oxygens (including phenoxy) is 3. The number of amides is 1. The van der Waals surface area contributed by atoms with Crippen molar-refractivity contribution in [3.05, 3.63) is 64.7 Å². The largest absolute Gasteiger partial charge is 0.497 e. The van der Waals surface area contributed by atoms with Crippen LogP contribution in [0.5, 0.6) is 5.75 Å². The molecule has 7 nitrogen and oxygen atoms in total. The second-order valence-electron chi connectivity index (χ2n) is 7.29. The summed E-state index contributed by atoms with van der Waals surface area (Å²) in [6.45, 7) is 3.33. The average Bonchev–Trinajstić information content (AvgIpc) is 2.82. The fraction of sp³-hybridized carbons (Fsp3) is 0.391. The molecule has 1 aliphatic heterocycles. The van der Waals surface area contributed by atoms with Gasteiger partial charge in [-0.15, -0.1) is 0 Å². The Balaban J connectivity index is 1.64. The van der Waals surface area contributed by atoms with Gasteiger partial charge in [0.05, 0.1) is 26.9 Å². The van der Waals surface area contributed by atoms with Gasteiger partial charge in [-0.3, -0.25) is 9.69 Å². The van der Waals surface area contributed by atoms with Crippen LogP contribution in [0.1, 0.15) is 17.2 Å². The van der Waals surface area contributed by atoms with Crippen LogP contribution < -0.4 is 4.74 Å². The summed E-state index contributed by atoms with van der Waals surface area (Å²) >= 11 is 6.06. The van der Waals surface area contributed by atoms with Gasteiger partial charge in [0.1, 0.15) is 5.75 Å². The van der Waals surface area contributed by atoms with Crippen LogP contribution in [0.4, 0.5) is 0 Å². The van der Waals surface area contributed by atoms with Crippen molar-refractivity contribution in [1.29, 1.82) is 0 Å². The quantitative estimate of drug-likeness (QED) is 0.481. The van der Waals surface area contributed by atoms with Crippen LogP contribution in [0.25, 0.3) is 0 Å². The topological polar surface area (TPSA) is 68.3 Å². The summed E-state index contributed by atoms with van der Waals surface area (Å²) in [6.07, 6.45) is -0.175. The minimum atomic E-state index is -0.825. The van der Waals surface area contributed by atoms with Crippen molar-refractivity contribution >= 4 is 23.5 Å². The van der Waals surface area contributed by atoms with Gasteiger partial charge in [0.25, 0.3) is 0 Å². The van der Waals surface area contributed by atoms with Crippen molar-refractivity contribution in [3.63, 3.8) is 0 Å². The molecule has 1 aliphatic rings. The molecule has 1 saturated heterocycles. The van der Waals surface area contributed by atoms with Crippen molar-refractivity contribution in [2.24, 2.45) is 0 Å². The second kappa shape index (κ2) is 11.1. The lowest BCUT2D eigenvalue weighted by Crippen LogP contribution is -2.51. The number of carbonyl (C=O) groups is 2. The Labute approximate surface area is 187 Å². The highest BCUT2D eigenvalue weighted by molar-refractivity contribution is 6.32. The standard InChI is InChI=1S/C23H27ClN2O5/c1-29-20-5-3-4-17(14-20)16-31-21(18-6-8-19(24)9-7-18)15-25-10-12-26(13-11-25)22(27)23(28)30-2/h3-9,14,21H,10-13,15-16H2,1-2H3. The van der Waals surface area contributed by atoms with Crippen LogP contribution in [0.2, 0.25) is 5.02 Å². The molecule has 2 aromatic carbocycles. The lowest BCUT2D eigenvalue weighted by molar-refractivity contribution is -0.159. The van der Waals surface area contributed by atoms with E-state index in [0.717, 1.165) is 16.9 Å². The molecule has 3 rings (SSSR count). The van der Waals surface area contributed by atoms with Crippen LogP contribution in [-0.4, -0.2) is 68.6 Å². The molecule has 0 radical (unpaired) electrons. The zero-order valence-electron chi connectivity index (χ0n) is 17.8. The van der Waals surface area contributed by atoms with Crippen LogP contribution in [0.15, 0.2) is 48.5 Å². The van der Waals surface area contributed by atoms with Gasteiger partial charge in [0.2, 0.25) is 0 Å². The molecule has 0 N–H and O–H groups in total. The van der Waals surface area contributed by atoms with E-state index >= 15 is 0 Å². The number of carbonyl (C=O) groups excluding carboxylic acids is 2. The van der Waals surface area contributed by atoms with Crippen LogP contribution in [-0.2, 0) is 25.7 Å². The van der Waals surface area contributed by atoms with Gasteiger partial charge in [0, 0.05) is 37.7 Å². The lowest BCUT2D eigenvalue weighted by atomic mass is 10.1. The molecule has 1 amide bonds. The van der Waals surface area contributed by atoms with Gasteiger partial charge >= 0.3 is 11.9 Å². The molecule has 0 aliphatic carbocycles. The van der Waals surface area contributed by atoms with E-state index in [2.05, 4.69) is 9.64 Å². The van der Waals surface area contributed by atoms with Crippen LogP contribution in [0, 0.1) is 0 Å². The Morgan fingerprint density at radius 3 is 2.39 bits per heavy atom. The molecule has 166 valence electrons. The number of methoxy groups -OCH3 is 2.